The van der Waals surface area contributed by atoms with E-state index in [0.29, 0.717) is 11.8 Å². The minimum Gasteiger partial charge on any atom is -0.477 e. The van der Waals surface area contributed by atoms with E-state index >= 15 is 0 Å². The van der Waals surface area contributed by atoms with Crippen LogP contribution < -0.4 is 10.1 Å². The van der Waals surface area contributed by atoms with Crippen molar-refractivity contribution < 1.29 is 4.74 Å². The van der Waals surface area contributed by atoms with Crippen molar-refractivity contribution in [2.24, 2.45) is 11.8 Å². The van der Waals surface area contributed by atoms with Crippen LogP contribution in [0.4, 0.5) is 5.82 Å². The lowest BCUT2D eigenvalue weighted by Gasteiger charge is -2.25. The van der Waals surface area contributed by atoms with Crippen molar-refractivity contribution in [3.05, 3.63) is 24.0 Å². The average Bonchev–Trinajstić information content (AvgIpc) is 2.52. The van der Waals surface area contributed by atoms with E-state index in [0.717, 1.165) is 56.1 Å². The lowest BCUT2D eigenvalue weighted by atomic mass is 9.85. The Morgan fingerprint density at radius 1 is 1.24 bits per heavy atom. The number of anilines is 1. The summed E-state index contributed by atoms with van der Waals surface area (Å²) in [5.74, 6) is 2.93. The van der Waals surface area contributed by atoms with Crippen molar-refractivity contribution in [2.45, 2.75) is 46.5 Å². The number of nitrogens with one attached hydrogen (secondary N) is 1. The minimum absolute atomic E-state index is 0.585. The molecule has 0 radical (unpaired) electrons. The molecule has 21 heavy (non-hydrogen) atoms. The molecule has 0 saturated carbocycles. The molecule has 0 aliphatic heterocycles. The van der Waals surface area contributed by atoms with Crippen LogP contribution in [-0.2, 0) is 6.42 Å². The van der Waals surface area contributed by atoms with Crippen molar-refractivity contribution in [3.63, 3.8) is 0 Å². The zero-order valence-corrected chi connectivity index (χ0v) is 13.4. The highest BCUT2D eigenvalue weighted by atomic mass is 16.5. The Morgan fingerprint density at radius 3 is 2.76 bits per heavy atom. The zero-order valence-electron chi connectivity index (χ0n) is 13.4. The van der Waals surface area contributed by atoms with E-state index < -0.39 is 0 Å². The lowest BCUT2D eigenvalue weighted by molar-refractivity contribution is 0.191. The first-order chi connectivity index (χ1) is 10.3. The largest absolute Gasteiger partial charge is 0.477 e. The number of aromatic nitrogens is 2. The maximum atomic E-state index is 6.03. The Bertz CT molecular complexity index is 473. The van der Waals surface area contributed by atoms with Crippen LogP contribution in [0.15, 0.2) is 18.5 Å². The van der Waals surface area contributed by atoms with E-state index in [1.54, 1.807) is 6.33 Å². The normalized spacial score (nSPS) is 21.3. The monoisotopic (exact) mass is 289 g/mol. The van der Waals surface area contributed by atoms with Gasteiger partial charge in [-0.2, -0.15) is 0 Å². The SMILES string of the molecule is CCCNc1ncnc(OCC2CC=CCC2C)c1CC. The average molecular weight is 289 g/mol. The van der Waals surface area contributed by atoms with Gasteiger partial charge in [-0.25, -0.2) is 9.97 Å². The molecule has 1 aromatic heterocycles. The fraction of sp³-hybridized carbons (Fsp3) is 0.647. The summed E-state index contributed by atoms with van der Waals surface area (Å²) in [6.07, 6.45) is 10.4. The third-order valence-electron chi connectivity index (χ3n) is 4.15. The molecule has 2 rings (SSSR count). The van der Waals surface area contributed by atoms with Crippen LogP contribution in [-0.4, -0.2) is 23.1 Å². The van der Waals surface area contributed by atoms with E-state index in [1.807, 2.05) is 0 Å². The van der Waals surface area contributed by atoms with Gasteiger partial charge in [-0.1, -0.05) is 32.9 Å². The standard InChI is InChI=1S/C17H27N3O/c1-4-10-18-16-15(5-2)17(20-12-19-16)21-11-14-9-7-6-8-13(14)3/h6-7,12-14H,4-5,8-11H2,1-3H3,(H,18,19,20). The van der Waals surface area contributed by atoms with Crippen molar-refractivity contribution >= 4 is 5.82 Å². The number of hydrogen-bond acceptors (Lipinski definition) is 4. The Kier molecular flexibility index (Phi) is 6.03. The fourth-order valence-corrected chi connectivity index (χ4v) is 2.66. The highest BCUT2D eigenvalue weighted by Gasteiger charge is 2.20. The highest BCUT2D eigenvalue weighted by Crippen LogP contribution is 2.27. The molecule has 1 N–H and O–H groups in total. The third kappa shape index (κ3) is 4.19. The first kappa shape index (κ1) is 15.8. The number of hydrogen-bond donors (Lipinski definition) is 1. The van der Waals surface area contributed by atoms with Gasteiger partial charge < -0.3 is 10.1 Å². The van der Waals surface area contributed by atoms with Gasteiger partial charge in [0, 0.05) is 6.54 Å². The van der Waals surface area contributed by atoms with Crippen LogP contribution in [0.1, 0.15) is 45.6 Å². The smallest absolute Gasteiger partial charge is 0.221 e. The molecule has 4 nitrogen and oxygen atoms in total. The zero-order chi connectivity index (χ0) is 15.1. The molecule has 2 unspecified atom stereocenters. The molecular formula is C17H27N3O. The Labute approximate surface area is 128 Å². The van der Waals surface area contributed by atoms with Crippen LogP contribution in [0.3, 0.4) is 0 Å². The molecule has 0 spiro atoms. The van der Waals surface area contributed by atoms with Gasteiger partial charge in [-0.3, -0.25) is 0 Å². The van der Waals surface area contributed by atoms with Gasteiger partial charge >= 0.3 is 0 Å². The molecule has 0 saturated heterocycles. The molecular weight excluding hydrogens is 262 g/mol. The maximum Gasteiger partial charge on any atom is 0.221 e. The van der Waals surface area contributed by atoms with Gasteiger partial charge in [0.1, 0.15) is 12.1 Å². The summed E-state index contributed by atoms with van der Waals surface area (Å²) >= 11 is 0. The van der Waals surface area contributed by atoms with Gasteiger partial charge in [0.05, 0.1) is 12.2 Å². The molecule has 1 aliphatic rings. The number of allylic oxidation sites excluding steroid dienone is 2. The Balaban J connectivity index is 2.03. The predicted octanol–water partition coefficient (Wildman–Crippen LogP) is 3.84. The van der Waals surface area contributed by atoms with E-state index in [9.17, 15) is 0 Å². The molecule has 1 heterocycles. The fourth-order valence-electron chi connectivity index (χ4n) is 2.66. The number of ether oxygens (including phenoxy) is 1. The molecule has 1 aromatic rings. The lowest BCUT2D eigenvalue weighted by Crippen LogP contribution is -2.22. The highest BCUT2D eigenvalue weighted by molar-refractivity contribution is 5.48. The molecule has 0 fully saturated rings. The van der Waals surface area contributed by atoms with Crippen molar-refractivity contribution in [1.29, 1.82) is 0 Å². The summed E-state index contributed by atoms with van der Waals surface area (Å²) < 4.78 is 6.03. The molecule has 0 bridgehead atoms. The third-order valence-corrected chi connectivity index (χ3v) is 4.15. The molecule has 1 aliphatic carbocycles. The van der Waals surface area contributed by atoms with Gasteiger partial charge in [0.2, 0.25) is 5.88 Å². The topological polar surface area (TPSA) is 47.0 Å². The summed E-state index contributed by atoms with van der Waals surface area (Å²) in [6.45, 7) is 8.23. The Hall–Kier alpha value is -1.58. The molecule has 0 amide bonds. The Morgan fingerprint density at radius 2 is 2.05 bits per heavy atom. The second-order valence-corrected chi connectivity index (χ2v) is 5.78. The molecule has 116 valence electrons. The first-order valence-corrected chi connectivity index (χ1v) is 8.11. The van der Waals surface area contributed by atoms with Gasteiger partial charge in [0.25, 0.3) is 0 Å². The number of rotatable bonds is 7. The molecule has 0 aromatic carbocycles. The van der Waals surface area contributed by atoms with E-state index in [4.69, 9.17) is 4.74 Å². The minimum atomic E-state index is 0.585. The summed E-state index contributed by atoms with van der Waals surface area (Å²) in [6, 6.07) is 0. The van der Waals surface area contributed by atoms with Crippen molar-refractivity contribution in [1.82, 2.24) is 9.97 Å². The second-order valence-electron chi connectivity index (χ2n) is 5.78. The summed E-state index contributed by atoms with van der Waals surface area (Å²) in [5.41, 5.74) is 1.09. The summed E-state index contributed by atoms with van der Waals surface area (Å²) in [5, 5.41) is 3.36. The van der Waals surface area contributed by atoms with E-state index in [1.165, 1.54) is 0 Å². The maximum absolute atomic E-state index is 6.03. The van der Waals surface area contributed by atoms with E-state index in [-0.39, 0.29) is 0 Å². The number of nitrogens with zero attached hydrogens (tertiary/aromatic N) is 2. The van der Waals surface area contributed by atoms with Crippen LogP contribution in [0, 0.1) is 11.8 Å². The predicted molar refractivity (Wildman–Crippen MR) is 86.7 cm³/mol. The van der Waals surface area contributed by atoms with Crippen LogP contribution >= 0.6 is 0 Å². The van der Waals surface area contributed by atoms with Gasteiger partial charge in [-0.05, 0) is 37.5 Å². The van der Waals surface area contributed by atoms with Crippen molar-refractivity contribution in [2.75, 3.05) is 18.5 Å². The second kappa shape index (κ2) is 8.01. The van der Waals surface area contributed by atoms with Crippen LogP contribution in [0.2, 0.25) is 0 Å². The quantitative estimate of drug-likeness (QED) is 0.775. The van der Waals surface area contributed by atoms with E-state index in [2.05, 4.69) is 48.2 Å². The first-order valence-electron chi connectivity index (χ1n) is 8.11. The van der Waals surface area contributed by atoms with Crippen LogP contribution in [0.5, 0.6) is 5.88 Å². The van der Waals surface area contributed by atoms with Gasteiger partial charge in [-0.15, -0.1) is 0 Å². The van der Waals surface area contributed by atoms with Gasteiger partial charge in [0.15, 0.2) is 0 Å². The summed E-state index contributed by atoms with van der Waals surface area (Å²) in [7, 11) is 0. The summed E-state index contributed by atoms with van der Waals surface area (Å²) in [4.78, 5) is 8.68. The molecule has 4 heteroatoms. The van der Waals surface area contributed by atoms with Crippen molar-refractivity contribution in [3.8, 4) is 5.88 Å². The molecule has 2 atom stereocenters. The van der Waals surface area contributed by atoms with Crippen LogP contribution in [0.25, 0.3) is 0 Å².